The smallest absolute Gasteiger partial charge is 0.277 e. The van der Waals surface area contributed by atoms with E-state index in [4.69, 9.17) is 13.9 Å². The Hall–Kier alpha value is -3.20. The Balaban J connectivity index is 1.57. The number of anilines is 1. The van der Waals surface area contributed by atoms with Gasteiger partial charge in [-0.2, -0.15) is 0 Å². The summed E-state index contributed by atoms with van der Waals surface area (Å²) in [5.74, 6) is 1.45. The van der Waals surface area contributed by atoms with Crippen LogP contribution >= 0.6 is 11.8 Å². The highest BCUT2D eigenvalue weighted by Crippen LogP contribution is 2.30. The summed E-state index contributed by atoms with van der Waals surface area (Å²) >= 11 is 1.13. The van der Waals surface area contributed by atoms with Crippen LogP contribution in [0.5, 0.6) is 17.2 Å². The lowest BCUT2D eigenvalue weighted by atomic mass is 10.2. The quantitative estimate of drug-likeness (QED) is 0.595. The Morgan fingerprint density at radius 1 is 1.11 bits per heavy atom. The number of rotatable bonds is 7. The van der Waals surface area contributed by atoms with E-state index in [2.05, 4.69) is 15.5 Å². The van der Waals surface area contributed by atoms with Crippen molar-refractivity contribution < 1.29 is 23.8 Å². The van der Waals surface area contributed by atoms with Gasteiger partial charge in [0.2, 0.25) is 11.8 Å². The van der Waals surface area contributed by atoms with Crippen LogP contribution in [0.15, 0.2) is 52.1 Å². The molecule has 0 aliphatic carbocycles. The lowest BCUT2D eigenvalue weighted by molar-refractivity contribution is -0.113. The van der Waals surface area contributed by atoms with E-state index in [0.29, 0.717) is 28.6 Å². The van der Waals surface area contributed by atoms with Crippen LogP contribution in [0.25, 0.3) is 11.5 Å². The number of phenolic OH excluding ortho intramolecular Hbond substituents is 1. The number of aromatic nitrogens is 2. The van der Waals surface area contributed by atoms with E-state index in [0.717, 1.165) is 11.8 Å². The van der Waals surface area contributed by atoms with Crippen molar-refractivity contribution in [2.75, 3.05) is 25.3 Å². The molecule has 0 atom stereocenters. The molecular formula is C18H17N3O5S. The first-order valence-electron chi connectivity index (χ1n) is 7.86. The second-order valence-corrected chi connectivity index (χ2v) is 6.25. The molecule has 2 N–H and O–H groups in total. The summed E-state index contributed by atoms with van der Waals surface area (Å²) in [6.45, 7) is 0. The number of ether oxygens (including phenoxy) is 2. The zero-order chi connectivity index (χ0) is 19.2. The van der Waals surface area contributed by atoms with Gasteiger partial charge in [-0.3, -0.25) is 4.79 Å². The Kier molecular flexibility index (Phi) is 5.82. The molecule has 0 spiro atoms. The predicted molar refractivity (Wildman–Crippen MR) is 100 cm³/mol. The molecule has 0 bridgehead atoms. The van der Waals surface area contributed by atoms with Crippen LogP contribution in [-0.4, -0.2) is 41.2 Å². The monoisotopic (exact) mass is 387 g/mol. The van der Waals surface area contributed by atoms with Crippen LogP contribution in [0.1, 0.15) is 0 Å². The highest BCUT2D eigenvalue weighted by Gasteiger charge is 2.12. The molecule has 0 fully saturated rings. The average molecular weight is 387 g/mol. The molecule has 140 valence electrons. The number of methoxy groups -OCH3 is 2. The van der Waals surface area contributed by atoms with Crippen molar-refractivity contribution in [1.29, 1.82) is 0 Å². The number of phenols is 1. The highest BCUT2D eigenvalue weighted by molar-refractivity contribution is 7.99. The number of carbonyl (C=O) groups excluding carboxylic acids is 1. The van der Waals surface area contributed by atoms with Gasteiger partial charge in [0.15, 0.2) is 11.5 Å². The van der Waals surface area contributed by atoms with E-state index in [1.54, 1.807) is 37.4 Å². The fraction of sp³-hybridized carbons (Fsp3) is 0.167. The third-order valence-corrected chi connectivity index (χ3v) is 4.33. The molecule has 0 saturated heterocycles. The van der Waals surface area contributed by atoms with Crippen molar-refractivity contribution in [3.05, 3.63) is 42.5 Å². The maximum Gasteiger partial charge on any atom is 0.277 e. The van der Waals surface area contributed by atoms with Crippen molar-refractivity contribution in [2.45, 2.75) is 5.22 Å². The van der Waals surface area contributed by atoms with Gasteiger partial charge < -0.3 is 24.3 Å². The fourth-order valence-electron chi connectivity index (χ4n) is 2.23. The van der Waals surface area contributed by atoms with Crippen molar-refractivity contribution in [3.63, 3.8) is 0 Å². The molecule has 0 saturated carbocycles. The van der Waals surface area contributed by atoms with Gasteiger partial charge in [-0.05, 0) is 36.4 Å². The predicted octanol–water partition coefficient (Wildman–Crippen LogP) is 3.19. The fourth-order valence-corrected chi connectivity index (χ4v) is 2.79. The maximum atomic E-state index is 12.1. The lowest BCUT2D eigenvalue weighted by Gasteiger charge is -2.10. The zero-order valence-electron chi connectivity index (χ0n) is 14.6. The molecule has 0 aliphatic rings. The van der Waals surface area contributed by atoms with Crippen LogP contribution in [0.4, 0.5) is 5.69 Å². The van der Waals surface area contributed by atoms with Crippen molar-refractivity contribution in [3.8, 4) is 28.7 Å². The van der Waals surface area contributed by atoms with E-state index in [9.17, 15) is 9.90 Å². The number of thioether (sulfide) groups is 1. The molecule has 3 rings (SSSR count). The lowest BCUT2D eigenvalue weighted by Crippen LogP contribution is -2.14. The van der Waals surface area contributed by atoms with Crippen LogP contribution in [-0.2, 0) is 4.79 Å². The Bertz CT molecular complexity index is 927. The van der Waals surface area contributed by atoms with Gasteiger partial charge in [0, 0.05) is 17.3 Å². The summed E-state index contributed by atoms with van der Waals surface area (Å²) in [6.07, 6.45) is 0. The molecule has 0 aliphatic heterocycles. The average Bonchev–Trinajstić information content (AvgIpc) is 3.16. The topological polar surface area (TPSA) is 107 Å². The van der Waals surface area contributed by atoms with Crippen molar-refractivity contribution in [1.82, 2.24) is 10.2 Å². The summed E-state index contributed by atoms with van der Waals surface area (Å²) < 4.78 is 15.9. The van der Waals surface area contributed by atoms with Crippen molar-refractivity contribution >= 4 is 23.4 Å². The van der Waals surface area contributed by atoms with Crippen LogP contribution < -0.4 is 14.8 Å². The molecule has 9 heteroatoms. The van der Waals surface area contributed by atoms with E-state index >= 15 is 0 Å². The minimum absolute atomic E-state index is 0.103. The first-order chi connectivity index (χ1) is 13.1. The van der Waals surface area contributed by atoms with E-state index < -0.39 is 0 Å². The van der Waals surface area contributed by atoms with E-state index in [-0.39, 0.29) is 22.6 Å². The summed E-state index contributed by atoms with van der Waals surface area (Å²) in [6, 6.07) is 11.5. The number of nitrogens with zero attached hydrogens (tertiary/aromatic N) is 2. The number of nitrogens with one attached hydrogen (secondary N) is 1. The standard InChI is InChI=1S/C18H17N3O5S/c1-24-14-8-5-12(9-15(14)25-2)19-16(23)10-27-18-21-20-17(26-18)11-3-6-13(22)7-4-11/h3-9,22H,10H2,1-2H3,(H,19,23). The first kappa shape index (κ1) is 18.6. The molecule has 1 heterocycles. The van der Waals surface area contributed by atoms with Crippen molar-refractivity contribution in [2.24, 2.45) is 0 Å². The molecule has 0 radical (unpaired) electrons. The Morgan fingerprint density at radius 3 is 2.56 bits per heavy atom. The van der Waals surface area contributed by atoms with E-state index in [1.807, 2.05) is 0 Å². The second-order valence-electron chi connectivity index (χ2n) is 5.33. The van der Waals surface area contributed by atoms with Gasteiger partial charge in [0.05, 0.1) is 20.0 Å². The first-order valence-corrected chi connectivity index (χ1v) is 8.85. The van der Waals surface area contributed by atoms with Gasteiger partial charge >= 0.3 is 0 Å². The number of amides is 1. The normalized spacial score (nSPS) is 10.4. The largest absolute Gasteiger partial charge is 0.508 e. The summed E-state index contributed by atoms with van der Waals surface area (Å²) in [4.78, 5) is 12.1. The number of hydrogen-bond acceptors (Lipinski definition) is 8. The highest BCUT2D eigenvalue weighted by atomic mass is 32.2. The minimum atomic E-state index is -0.225. The molecule has 3 aromatic rings. The molecule has 0 unspecified atom stereocenters. The number of benzene rings is 2. The van der Waals surface area contributed by atoms with Gasteiger partial charge in [-0.15, -0.1) is 10.2 Å². The number of aromatic hydroxyl groups is 1. The minimum Gasteiger partial charge on any atom is -0.508 e. The molecular weight excluding hydrogens is 370 g/mol. The van der Waals surface area contributed by atoms with Crippen LogP contribution in [0.2, 0.25) is 0 Å². The van der Waals surface area contributed by atoms with Gasteiger partial charge in [0.1, 0.15) is 5.75 Å². The number of hydrogen-bond donors (Lipinski definition) is 2. The third-order valence-electron chi connectivity index (χ3n) is 3.51. The number of carbonyl (C=O) groups is 1. The molecule has 2 aromatic carbocycles. The summed E-state index contributed by atoms with van der Waals surface area (Å²) in [5.41, 5.74) is 1.27. The Morgan fingerprint density at radius 2 is 1.85 bits per heavy atom. The second kappa shape index (κ2) is 8.45. The summed E-state index contributed by atoms with van der Waals surface area (Å²) in [5, 5.41) is 20.2. The molecule has 1 aromatic heterocycles. The van der Waals surface area contributed by atoms with Gasteiger partial charge in [-0.25, -0.2) is 0 Å². The van der Waals surface area contributed by atoms with Crippen LogP contribution in [0, 0.1) is 0 Å². The van der Waals surface area contributed by atoms with Gasteiger partial charge in [-0.1, -0.05) is 11.8 Å². The SMILES string of the molecule is COc1ccc(NC(=O)CSc2nnc(-c3ccc(O)cc3)o2)cc1OC. The summed E-state index contributed by atoms with van der Waals surface area (Å²) in [7, 11) is 3.07. The molecule has 1 amide bonds. The zero-order valence-corrected chi connectivity index (χ0v) is 15.4. The van der Waals surface area contributed by atoms with E-state index in [1.165, 1.54) is 19.2 Å². The molecule has 27 heavy (non-hydrogen) atoms. The Labute approximate surface area is 159 Å². The van der Waals surface area contributed by atoms with Gasteiger partial charge in [0.25, 0.3) is 5.22 Å². The molecule has 8 nitrogen and oxygen atoms in total. The third kappa shape index (κ3) is 4.70. The van der Waals surface area contributed by atoms with Crippen LogP contribution in [0.3, 0.4) is 0 Å². The maximum absolute atomic E-state index is 12.1.